The zero-order chi connectivity index (χ0) is 13.0. The molecule has 0 saturated carbocycles. The van der Waals surface area contributed by atoms with E-state index in [2.05, 4.69) is 32.1 Å². The normalized spacial score (nSPS) is 11.3. The fourth-order valence-corrected chi connectivity index (χ4v) is 1.41. The standard InChI is InChI=1S/C13H15N5/c1-4-9(3)12-14-8-10(5-2)13(17-12)16-11-6-7-15-18-11/h4-8H,2H2,1,3H3,(H2,14,15,16,17,18). The molecule has 5 heteroatoms. The number of aromatic nitrogens is 4. The van der Waals surface area contributed by atoms with Crippen LogP contribution in [0.25, 0.3) is 11.6 Å². The van der Waals surface area contributed by atoms with E-state index >= 15 is 0 Å². The summed E-state index contributed by atoms with van der Waals surface area (Å²) in [6, 6.07) is 1.83. The highest BCUT2D eigenvalue weighted by Crippen LogP contribution is 2.19. The average molecular weight is 241 g/mol. The second kappa shape index (κ2) is 5.27. The molecule has 0 radical (unpaired) electrons. The quantitative estimate of drug-likeness (QED) is 0.863. The lowest BCUT2D eigenvalue weighted by Gasteiger charge is -2.08. The molecule has 0 fully saturated rings. The van der Waals surface area contributed by atoms with Crippen molar-refractivity contribution in [1.82, 2.24) is 20.2 Å². The monoisotopic (exact) mass is 241 g/mol. The smallest absolute Gasteiger partial charge is 0.156 e. The molecule has 0 unspecified atom stereocenters. The van der Waals surface area contributed by atoms with Crippen LogP contribution in [0.2, 0.25) is 0 Å². The third kappa shape index (κ3) is 2.45. The van der Waals surface area contributed by atoms with Crippen molar-refractivity contribution in [3.63, 3.8) is 0 Å². The summed E-state index contributed by atoms with van der Waals surface area (Å²) in [6.45, 7) is 7.69. The molecule has 0 saturated heterocycles. The number of rotatable bonds is 4. The van der Waals surface area contributed by atoms with E-state index in [4.69, 9.17) is 0 Å². The van der Waals surface area contributed by atoms with Crippen LogP contribution in [-0.2, 0) is 0 Å². The van der Waals surface area contributed by atoms with Gasteiger partial charge in [0.1, 0.15) is 11.6 Å². The topological polar surface area (TPSA) is 66.5 Å². The van der Waals surface area contributed by atoms with E-state index in [1.54, 1.807) is 18.5 Å². The number of aromatic amines is 1. The Kier molecular flexibility index (Phi) is 3.52. The van der Waals surface area contributed by atoms with Gasteiger partial charge in [0.25, 0.3) is 0 Å². The number of hydrogen-bond acceptors (Lipinski definition) is 4. The summed E-state index contributed by atoms with van der Waals surface area (Å²) >= 11 is 0. The molecular weight excluding hydrogens is 226 g/mol. The summed E-state index contributed by atoms with van der Waals surface area (Å²) in [5.41, 5.74) is 1.87. The molecule has 2 rings (SSSR count). The molecule has 2 aromatic heterocycles. The average Bonchev–Trinajstić information content (AvgIpc) is 2.90. The molecule has 2 N–H and O–H groups in total. The van der Waals surface area contributed by atoms with Gasteiger partial charge in [0, 0.05) is 17.8 Å². The van der Waals surface area contributed by atoms with Crippen LogP contribution in [0.5, 0.6) is 0 Å². The molecule has 5 nitrogen and oxygen atoms in total. The molecule has 92 valence electrons. The van der Waals surface area contributed by atoms with Crippen LogP contribution in [-0.4, -0.2) is 20.2 Å². The maximum atomic E-state index is 4.48. The molecule has 0 bridgehead atoms. The fourth-order valence-electron chi connectivity index (χ4n) is 1.41. The van der Waals surface area contributed by atoms with E-state index in [0.29, 0.717) is 11.6 Å². The third-order valence-corrected chi connectivity index (χ3v) is 2.58. The van der Waals surface area contributed by atoms with Crippen LogP contribution in [0, 0.1) is 0 Å². The Hall–Kier alpha value is -2.43. The first-order chi connectivity index (χ1) is 8.74. The molecule has 0 aliphatic carbocycles. The van der Waals surface area contributed by atoms with Crippen molar-refractivity contribution in [2.24, 2.45) is 0 Å². The van der Waals surface area contributed by atoms with Crippen LogP contribution in [0.1, 0.15) is 25.2 Å². The van der Waals surface area contributed by atoms with Crippen molar-refractivity contribution in [1.29, 1.82) is 0 Å². The summed E-state index contributed by atoms with van der Waals surface area (Å²) in [6.07, 6.45) is 7.12. The number of allylic oxidation sites excluding steroid dienone is 2. The van der Waals surface area contributed by atoms with Crippen LogP contribution in [0.3, 0.4) is 0 Å². The Balaban J connectivity index is 2.39. The lowest BCUT2D eigenvalue weighted by Crippen LogP contribution is -2.01. The molecule has 18 heavy (non-hydrogen) atoms. The molecule has 0 aliphatic heterocycles. The maximum absolute atomic E-state index is 4.48. The summed E-state index contributed by atoms with van der Waals surface area (Å²) in [7, 11) is 0. The van der Waals surface area contributed by atoms with E-state index < -0.39 is 0 Å². The molecule has 0 aromatic carbocycles. The van der Waals surface area contributed by atoms with Gasteiger partial charge in [-0.1, -0.05) is 18.7 Å². The summed E-state index contributed by atoms with van der Waals surface area (Å²) in [4.78, 5) is 8.77. The molecule has 2 heterocycles. The van der Waals surface area contributed by atoms with Gasteiger partial charge in [-0.05, 0) is 19.4 Å². The summed E-state index contributed by atoms with van der Waals surface area (Å²) in [5.74, 6) is 2.19. The molecular formula is C13H15N5. The highest BCUT2D eigenvalue weighted by Gasteiger charge is 2.06. The lowest BCUT2D eigenvalue weighted by atomic mass is 10.2. The first kappa shape index (κ1) is 12.0. The Bertz CT molecular complexity index is 569. The van der Waals surface area contributed by atoms with Gasteiger partial charge in [0.2, 0.25) is 0 Å². The van der Waals surface area contributed by atoms with Crippen molar-refractivity contribution in [2.75, 3.05) is 5.32 Å². The van der Waals surface area contributed by atoms with Gasteiger partial charge in [-0.25, -0.2) is 9.97 Å². The number of H-pyrrole nitrogens is 1. The fraction of sp³-hybridized carbons (Fsp3) is 0.154. The van der Waals surface area contributed by atoms with Gasteiger partial charge in [-0.2, -0.15) is 5.10 Å². The van der Waals surface area contributed by atoms with Crippen molar-refractivity contribution < 1.29 is 0 Å². The second-order valence-electron chi connectivity index (χ2n) is 3.77. The zero-order valence-electron chi connectivity index (χ0n) is 10.4. The van der Waals surface area contributed by atoms with Gasteiger partial charge >= 0.3 is 0 Å². The SMILES string of the molecule is C=Cc1cnc(C(C)=CC)nc1Nc1ccn[nH]1. The molecule has 0 amide bonds. The Morgan fingerprint density at radius 3 is 2.94 bits per heavy atom. The van der Waals surface area contributed by atoms with Crippen LogP contribution in [0.4, 0.5) is 11.6 Å². The predicted molar refractivity (Wildman–Crippen MR) is 73.3 cm³/mol. The summed E-state index contributed by atoms with van der Waals surface area (Å²) < 4.78 is 0. The van der Waals surface area contributed by atoms with Crippen molar-refractivity contribution in [2.45, 2.75) is 13.8 Å². The number of anilines is 2. The van der Waals surface area contributed by atoms with Crippen LogP contribution < -0.4 is 5.32 Å². The van der Waals surface area contributed by atoms with Gasteiger partial charge < -0.3 is 5.32 Å². The first-order valence-electron chi connectivity index (χ1n) is 5.63. The van der Waals surface area contributed by atoms with E-state index in [9.17, 15) is 0 Å². The number of hydrogen-bond donors (Lipinski definition) is 2. The lowest BCUT2D eigenvalue weighted by molar-refractivity contribution is 1.07. The highest BCUT2D eigenvalue weighted by atomic mass is 15.2. The molecule has 0 spiro atoms. The van der Waals surface area contributed by atoms with E-state index in [-0.39, 0.29) is 0 Å². The van der Waals surface area contributed by atoms with Crippen molar-refractivity contribution in [3.05, 3.63) is 42.5 Å². The van der Waals surface area contributed by atoms with Crippen molar-refractivity contribution >= 4 is 23.3 Å². The predicted octanol–water partition coefficient (Wildman–Crippen LogP) is 3.01. The molecule has 2 aromatic rings. The molecule has 0 atom stereocenters. The Morgan fingerprint density at radius 1 is 1.50 bits per heavy atom. The van der Waals surface area contributed by atoms with Crippen LogP contribution >= 0.6 is 0 Å². The second-order valence-corrected chi connectivity index (χ2v) is 3.77. The van der Waals surface area contributed by atoms with E-state index in [1.807, 2.05) is 26.0 Å². The van der Waals surface area contributed by atoms with Gasteiger partial charge in [-0.3, -0.25) is 5.10 Å². The first-order valence-corrected chi connectivity index (χ1v) is 5.63. The number of nitrogens with zero attached hydrogens (tertiary/aromatic N) is 3. The van der Waals surface area contributed by atoms with E-state index in [1.165, 1.54) is 0 Å². The van der Waals surface area contributed by atoms with Gasteiger partial charge in [-0.15, -0.1) is 0 Å². The summed E-state index contributed by atoms with van der Waals surface area (Å²) in [5, 5.41) is 9.86. The Morgan fingerprint density at radius 2 is 2.33 bits per heavy atom. The minimum Gasteiger partial charge on any atom is -0.325 e. The van der Waals surface area contributed by atoms with Crippen molar-refractivity contribution in [3.8, 4) is 0 Å². The third-order valence-electron chi connectivity index (χ3n) is 2.58. The van der Waals surface area contributed by atoms with Crippen LogP contribution in [0.15, 0.2) is 31.1 Å². The minimum absolute atomic E-state index is 0.699. The number of nitrogens with one attached hydrogen (secondary N) is 2. The largest absolute Gasteiger partial charge is 0.325 e. The van der Waals surface area contributed by atoms with Gasteiger partial charge in [0.05, 0.1) is 6.20 Å². The maximum Gasteiger partial charge on any atom is 0.156 e. The highest BCUT2D eigenvalue weighted by molar-refractivity contribution is 5.68. The minimum atomic E-state index is 0.699. The Labute approximate surface area is 106 Å². The van der Waals surface area contributed by atoms with Gasteiger partial charge in [0.15, 0.2) is 5.82 Å². The zero-order valence-corrected chi connectivity index (χ0v) is 10.4. The van der Waals surface area contributed by atoms with E-state index in [0.717, 1.165) is 17.0 Å². The molecule has 0 aliphatic rings.